The fourth-order valence-electron chi connectivity index (χ4n) is 4.34. The van der Waals surface area contributed by atoms with Crippen LogP contribution in [-0.4, -0.2) is 73.2 Å². The smallest absolute Gasteiger partial charge is 0.242 e. The molecule has 0 aromatic heterocycles. The lowest BCUT2D eigenvalue weighted by molar-refractivity contribution is -0.140. The molecule has 4 rings (SSSR count). The van der Waals surface area contributed by atoms with Crippen LogP contribution in [0.2, 0.25) is 0 Å². The Bertz CT molecular complexity index is 822. The minimum absolute atomic E-state index is 0.0400. The fraction of sp³-hybridized carbons (Fsp3) is 0.591. The van der Waals surface area contributed by atoms with Gasteiger partial charge in [0.1, 0.15) is 17.4 Å². The molecule has 8 heteroatoms. The summed E-state index contributed by atoms with van der Waals surface area (Å²) in [6.07, 6.45) is 1.30. The number of likely N-dealkylation sites (tertiary alicyclic amines) is 1. The Morgan fingerprint density at radius 2 is 2.10 bits per heavy atom. The maximum absolute atomic E-state index is 12.8. The van der Waals surface area contributed by atoms with E-state index in [0.29, 0.717) is 57.1 Å². The van der Waals surface area contributed by atoms with Gasteiger partial charge < -0.3 is 24.4 Å². The molecule has 0 bridgehead atoms. The molecule has 3 aliphatic rings. The number of rotatable bonds is 4. The van der Waals surface area contributed by atoms with Crippen LogP contribution >= 0.6 is 0 Å². The van der Waals surface area contributed by atoms with Gasteiger partial charge in [-0.1, -0.05) is 12.1 Å². The van der Waals surface area contributed by atoms with E-state index in [-0.39, 0.29) is 36.5 Å². The van der Waals surface area contributed by atoms with Crippen LogP contribution in [0.3, 0.4) is 0 Å². The summed E-state index contributed by atoms with van der Waals surface area (Å²) >= 11 is 0. The zero-order valence-electron chi connectivity index (χ0n) is 17.2. The largest absolute Gasteiger partial charge is 0.486 e. The first-order valence-electron chi connectivity index (χ1n) is 10.6. The topological polar surface area (TPSA) is 94.2 Å². The third kappa shape index (κ3) is 4.34. The van der Waals surface area contributed by atoms with Crippen LogP contribution in [0.15, 0.2) is 24.3 Å². The van der Waals surface area contributed by atoms with Crippen LogP contribution in [-0.2, 0) is 19.1 Å². The van der Waals surface area contributed by atoms with Crippen molar-refractivity contribution < 1.29 is 28.6 Å². The standard InChI is InChI=1S/C22H28N2O6/c1-15(21(27)23-13-16-14-28-10-11-29-16)24-9-8-22(7-6-20(24)26)12-18(25)17-4-2-3-5-19(17)30-22/h2-5,15-16H,6-14H2,1H3,(H,23,27)/t15-,16-,22+/m1/s1. The average molecular weight is 416 g/mol. The molecule has 3 heterocycles. The van der Waals surface area contributed by atoms with Crippen LogP contribution in [0.5, 0.6) is 5.75 Å². The Labute approximate surface area is 175 Å². The molecule has 3 aliphatic heterocycles. The summed E-state index contributed by atoms with van der Waals surface area (Å²) in [5.74, 6) is 0.300. The van der Waals surface area contributed by atoms with Crippen molar-refractivity contribution in [1.29, 1.82) is 0 Å². The number of para-hydroxylation sites is 1. The van der Waals surface area contributed by atoms with E-state index >= 15 is 0 Å². The lowest BCUT2D eigenvalue weighted by Gasteiger charge is -2.37. The summed E-state index contributed by atoms with van der Waals surface area (Å²) in [6.45, 7) is 3.98. The van der Waals surface area contributed by atoms with E-state index in [1.807, 2.05) is 12.1 Å². The van der Waals surface area contributed by atoms with Gasteiger partial charge in [0.2, 0.25) is 11.8 Å². The van der Waals surface area contributed by atoms with E-state index in [1.165, 1.54) is 0 Å². The van der Waals surface area contributed by atoms with Crippen molar-refractivity contribution >= 4 is 17.6 Å². The molecule has 1 aromatic carbocycles. The monoisotopic (exact) mass is 416 g/mol. The number of hydrogen-bond donors (Lipinski definition) is 1. The van der Waals surface area contributed by atoms with Gasteiger partial charge in [-0.05, 0) is 25.5 Å². The van der Waals surface area contributed by atoms with Crippen molar-refractivity contribution in [2.24, 2.45) is 0 Å². The van der Waals surface area contributed by atoms with Gasteiger partial charge in [0.05, 0.1) is 37.9 Å². The van der Waals surface area contributed by atoms with Gasteiger partial charge in [0.15, 0.2) is 5.78 Å². The van der Waals surface area contributed by atoms with Crippen LogP contribution in [0.1, 0.15) is 43.0 Å². The molecule has 2 fully saturated rings. The third-order valence-electron chi connectivity index (χ3n) is 6.16. The number of ketones is 1. The maximum atomic E-state index is 12.8. The summed E-state index contributed by atoms with van der Waals surface area (Å²) in [7, 11) is 0. The summed E-state index contributed by atoms with van der Waals surface area (Å²) in [5.41, 5.74) is -0.100. The lowest BCUT2D eigenvalue weighted by atomic mass is 9.84. The second kappa shape index (κ2) is 8.73. The molecule has 1 N–H and O–H groups in total. The van der Waals surface area contributed by atoms with Crippen LogP contribution < -0.4 is 10.1 Å². The minimum Gasteiger partial charge on any atom is -0.486 e. The van der Waals surface area contributed by atoms with Crippen molar-refractivity contribution in [2.45, 2.75) is 50.4 Å². The highest BCUT2D eigenvalue weighted by molar-refractivity contribution is 6.00. The van der Waals surface area contributed by atoms with Crippen molar-refractivity contribution in [3.8, 4) is 5.75 Å². The van der Waals surface area contributed by atoms with Crippen LogP contribution in [0, 0.1) is 0 Å². The number of carbonyl (C=O) groups excluding carboxylic acids is 3. The van der Waals surface area contributed by atoms with E-state index in [2.05, 4.69) is 5.32 Å². The van der Waals surface area contributed by atoms with Gasteiger partial charge in [0.25, 0.3) is 0 Å². The predicted molar refractivity (Wildman–Crippen MR) is 107 cm³/mol. The lowest BCUT2D eigenvalue weighted by Crippen LogP contribution is -2.50. The van der Waals surface area contributed by atoms with E-state index in [1.54, 1.807) is 24.0 Å². The highest BCUT2D eigenvalue weighted by Crippen LogP contribution is 2.39. The van der Waals surface area contributed by atoms with Gasteiger partial charge in [-0.25, -0.2) is 0 Å². The number of amides is 2. The third-order valence-corrected chi connectivity index (χ3v) is 6.16. The van der Waals surface area contributed by atoms with Crippen molar-refractivity contribution in [1.82, 2.24) is 10.2 Å². The molecule has 30 heavy (non-hydrogen) atoms. The van der Waals surface area contributed by atoms with E-state index in [4.69, 9.17) is 14.2 Å². The number of fused-ring (bicyclic) bond motifs is 1. The fourth-order valence-corrected chi connectivity index (χ4v) is 4.34. The minimum atomic E-state index is -0.695. The molecule has 0 radical (unpaired) electrons. The number of benzene rings is 1. The summed E-state index contributed by atoms with van der Waals surface area (Å²) in [5, 5.41) is 2.86. The number of Topliss-reactive ketones (excluding diaryl/α,β-unsaturated/α-hetero) is 1. The quantitative estimate of drug-likeness (QED) is 0.796. The van der Waals surface area contributed by atoms with Crippen LogP contribution in [0.25, 0.3) is 0 Å². The average Bonchev–Trinajstić information content (AvgIpc) is 2.91. The molecular formula is C22H28N2O6. The summed E-state index contributed by atoms with van der Waals surface area (Å²) < 4.78 is 17.1. The first-order valence-corrected chi connectivity index (χ1v) is 10.6. The van der Waals surface area contributed by atoms with Crippen molar-refractivity contribution in [3.05, 3.63) is 29.8 Å². The maximum Gasteiger partial charge on any atom is 0.242 e. The van der Waals surface area contributed by atoms with Crippen molar-refractivity contribution in [2.75, 3.05) is 32.9 Å². The molecule has 2 saturated heterocycles. The Balaban J connectivity index is 1.39. The molecule has 2 amide bonds. The van der Waals surface area contributed by atoms with E-state index in [0.717, 1.165) is 0 Å². The number of nitrogens with zero attached hydrogens (tertiary/aromatic N) is 1. The number of nitrogens with one attached hydrogen (secondary N) is 1. The molecule has 0 aliphatic carbocycles. The molecule has 0 unspecified atom stereocenters. The van der Waals surface area contributed by atoms with E-state index < -0.39 is 11.6 Å². The van der Waals surface area contributed by atoms with Crippen molar-refractivity contribution in [3.63, 3.8) is 0 Å². The zero-order chi connectivity index (χ0) is 21.1. The number of hydrogen-bond acceptors (Lipinski definition) is 6. The SMILES string of the molecule is C[C@H](C(=O)NC[C@@H]1COCCO1)N1CC[C@@]2(CCC1=O)CC(=O)c1ccccc1O2. The second-order valence-electron chi connectivity index (χ2n) is 8.21. The van der Waals surface area contributed by atoms with Gasteiger partial charge in [-0.15, -0.1) is 0 Å². The van der Waals surface area contributed by atoms with Gasteiger partial charge in [0, 0.05) is 25.9 Å². The second-order valence-corrected chi connectivity index (χ2v) is 8.21. The van der Waals surface area contributed by atoms with Gasteiger partial charge in [-0.2, -0.15) is 0 Å². The molecule has 1 spiro atoms. The van der Waals surface area contributed by atoms with Gasteiger partial charge in [-0.3, -0.25) is 14.4 Å². The highest BCUT2D eigenvalue weighted by atomic mass is 16.6. The first-order chi connectivity index (χ1) is 14.5. The molecule has 162 valence electrons. The normalized spacial score (nSPS) is 27.8. The molecule has 3 atom stereocenters. The Morgan fingerprint density at radius 1 is 1.27 bits per heavy atom. The number of ether oxygens (including phenoxy) is 3. The Hall–Kier alpha value is -2.45. The Kier molecular flexibility index (Phi) is 6.06. The summed E-state index contributed by atoms with van der Waals surface area (Å²) in [4.78, 5) is 39.7. The molecule has 8 nitrogen and oxygen atoms in total. The highest BCUT2D eigenvalue weighted by Gasteiger charge is 2.44. The van der Waals surface area contributed by atoms with Gasteiger partial charge >= 0.3 is 0 Å². The Morgan fingerprint density at radius 3 is 2.90 bits per heavy atom. The van der Waals surface area contributed by atoms with E-state index in [9.17, 15) is 14.4 Å². The van der Waals surface area contributed by atoms with Crippen LogP contribution in [0.4, 0.5) is 0 Å². The predicted octanol–water partition coefficient (Wildman–Crippen LogP) is 1.32. The first kappa shape index (κ1) is 20.8. The number of carbonyl (C=O) groups is 3. The molecular weight excluding hydrogens is 388 g/mol. The summed E-state index contributed by atoms with van der Waals surface area (Å²) in [6, 6.07) is 6.62. The molecule has 1 aromatic rings. The zero-order valence-corrected chi connectivity index (χ0v) is 17.2. The molecule has 0 saturated carbocycles.